The van der Waals surface area contributed by atoms with Crippen LogP contribution in [-0.2, 0) is 0 Å². The van der Waals surface area contributed by atoms with Crippen LogP contribution in [0.2, 0.25) is 0 Å². The van der Waals surface area contributed by atoms with Gasteiger partial charge in [-0.15, -0.1) is 0 Å². The van der Waals surface area contributed by atoms with Gasteiger partial charge in [0.1, 0.15) is 6.17 Å². The molecule has 1 saturated heterocycles. The average molecular weight is 317 g/mol. The molecule has 5 rings (SSSR count). The molecule has 0 aliphatic carbocycles. The molecule has 5 heteroatoms. The van der Waals surface area contributed by atoms with E-state index in [2.05, 4.69) is 60.4 Å². The third-order valence-electron chi connectivity index (χ3n) is 4.97. The van der Waals surface area contributed by atoms with Crippen molar-refractivity contribution in [1.82, 2.24) is 24.0 Å². The van der Waals surface area contributed by atoms with Crippen molar-refractivity contribution in [3.8, 4) is 0 Å². The fourth-order valence-corrected chi connectivity index (χ4v) is 3.54. The van der Waals surface area contributed by atoms with E-state index in [1.54, 1.807) is 0 Å². The molecule has 0 spiro atoms. The number of rotatable bonds is 4. The maximum Gasteiger partial charge on any atom is 0.125 e. The lowest BCUT2D eigenvalue weighted by Crippen LogP contribution is -2.42. The maximum absolute atomic E-state index is 4.59. The minimum absolute atomic E-state index is 0.157. The van der Waals surface area contributed by atoms with Crippen LogP contribution in [0.25, 0.3) is 22.1 Å². The highest BCUT2D eigenvalue weighted by Crippen LogP contribution is 2.25. The molecule has 2 aromatic carbocycles. The molecule has 0 N–H and O–H groups in total. The number of para-hydroxylation sites is 4. The van der Waals surface area contributed by atoms with Gasteiger partial charge in [0.25, 0.3) is 0 Å². The molecule has 0 bridgehead atoms. The zero-order valence-corrected chi connectivity index (χ0v) is 13.4. The number of aromatic nitrogens is 4. The van der Waals surface area contributed by atoms with Gasteiger partial charge in [-0.2, -0.15) is 0 Å². The molecule has 120 valence electrons. The van der Waals surface area contributed by atoms with Crippen molar-refractivity contribution in [2.24, 2.45) is 0 Å². The molecule has 24 heavy (non-hydrogen) atoms. The van der Waals surface area contributed by atoms with Gasteiger partial charge < -0.3 is 9.13 Å². The van der Waals surface area contributed by atoms with E-state index in [9.17, 15) is 0 Å². The first-order valence-electron chi connectivity index (χ1n) is 8.46. The van der Waals surface area contributed by atoms with E-state index < -0.39 is 0 Å². The lowest BCUT2D eigenvalue weighted by atomic mass is 10.2. The summed E-state index contributed by atoms with van der Waals surface area (Å²) in [5, 5.41) is 0. The summed E-state index contributed by atoms with van der Waals surface area (Å²) in [6, 6.07) is 16.7. The van der Waals surface area contributed by atoms with Gasteiger partial charge in [0.2, 0.25) is 0 Å². The molecule has 1 fully saturated rings. The lowest BCUT2D eigenvalue weighted by molar-refractivity contribution is 0.146. The highest BCUT2D eigenvalue weighted by atomic mass is 15.3. The summed E-state index contributed by atoms with van der Waals surface area (Å²) in [7, 11) is 0. The third kappa shape index (κ3) is 2.12. The van der Waals surface area contributed by atoms with Crippen molar-refractivity contribution >= 4 is 22.1 Å². The number of imidazole rings is 2. The monoisotopic (exact) mass is 317 g/mol. The van der Waals surface area contributed by atoms with Crippen molar-refractivity contribution < 1.29 is 0 Å². The Hall–Kier alpha value is -2.66. The van der Waals surface area contributed by atoms with Crippen LogP contribution in [0.5, 0.6) is 0 Å². The molecule has 5 nitrogen and oxygen atoms in total. The summed E-state index contributed by atoms with van der Waals surface area (Å²) in [5.74, 6) is 0. The predicted octanol–water partition coefficient (Wildman–Crippen LogP) is 3.14. The Morgan fingerprint density at radius 2 is 1.33 bits per heavy atom. The van der Waals surface area contributed by atoms with Crippen LogP contribution in [0.3, 0.4) is 0 Å². The molecule has 4 aromatic rings. The second kappa shape index (κ2) is 5.46. The molecule has 0 atom stereocenters. The Kier molecular flexibility index (Phi) is 3.13. The van der Waals surface area contributed by atoms with Crippen molar-refractivity contribution in [3.05, 3.63) is 61.2 Å². The van der Waals surface area contributed by atoms with Crippen LogP contribution in [-0.4, -0.2) is 43.6 Å². The van der Waals surface area contributed by atoms with Crippen molar-refractivity contribution in [3.63, 3.8) is 0 Å². The molecule has 0 amide bonds. The van der Waals surface area contributed by atoms with Gasteiger partial charge in [-0.3, -0.25) is 4.90 Å². The molecule has 0 saturated carbocycles. The molecule has 0 radical (unpaired) electrons. The van der Waals surface area contributed by atoms with Gasteiger partial charge in [-0.05, 0) is 43.8 Å². The van der Waals surface area contributed by atoms with Crippen LogP contribution >= 0.6 is 0 Å². The van der Waals surface area contributed by atoms with Crippen molar-refractivity contribution in [2.75, 3.05) is 19.6 Å². The molecule has 1 aliphatic heterocycles. The van der Waals surface area contributed by atoms with Gasteiger partial charge in [0, 0.05) is 6.54 Å². The summed E-state index contributed by atoms with van der Waals surface area (Å²) in [5.41, 5.74) is 4.41. The SMILES string of the molecule is c1ccc2c(c1)ncn2C(CN1CCC1)n1cnc2ccccc21. The topological polar surface area (TPSA) is 38.9 Å². The normalized spacial score (nSPS) is 15.4. The second-order valence-electron chi connectivity index (χ2n) is 6.42. The van der Waals surface area contributed by atoms with Crippen LogP contribution in [0.1, 0.15) is 12.6 Å². The van der Waals surface area contributed by atoms with E-state index in [4.69, 9.17) is 0 Å². The minimum atomic E-state index is 0.157. The standard InChI is InChI=1S/C19H19N5/c1-3-8-17-15(6-1)20-13-23(17)19(12-22-10-5-11-22)24-14-21-16-7-2-4-9-18(16)24/h1-4,6-9,13-14,19H,5,10-12H2. The van der Waals surface area contributed by atoms with Crippen LogP contribution in [0.15, 0.2) is 61.2 Å². The Labute approximate surface area is 140 Å². The maximum atomic E-state index is 4.59. The zero-order chi connectivity index (χ0) is 15.9. The quantitative estimate of drug-likeness (QED) is 0.580. The summed E-state index contributed by atoms with van der Waals surface area (Å²) in [4.78, 5) is 11.7. The molecular formula is C19H19N5. The lowest BCUT2D eigenvalue weighted by Gasteiger charge is -2.35. The van der Waals surface area contributed by atoms with Gasteiger partial charge in [-0.25, -0.2) is 9.97 Å². The smallest absolute Gasteiger partial charge is 0.125 e. The minimum Gasteiger partial charge on any atom is -0.307 e. The second-order valence-corrected chi connectivity index (χ2v) is 6.42. The fraction of sp³-hybridized carbons (Fsp3) is 0.263. The number of likely N-dealkylation sites (tertiary alicyclic amines) is 1. The molecule has 3 heterocycles. The largest absolute Gasteiger partial charge is 0.307 e. The summed E-state index contributed by atoms with van der Waals surface area (Å²) in [6.07, 6.45) is 5.38. The first-order valence-corrected chi connectivity index (χ1v) is 8.46. The van der Waals surface area contributed by atoms with Gasteiger partial charge in [-0.1, -0.05) is 24.3 Å². The van der Waals surface area contributed by atoms with Gasteiger partial charge >= 0.3 is 0 Å². The van der Waals surface area contributed by atoms with E-state index in [0.29, 0.717) is 0 Å². The molecular weight excluding hydrogens is 298 g/mol. The highest BCUT2D eigenvalue weighted by molar-refractivity contribution is 5.77. The number of hydrogen-bond acceptors (Lipinski definition) is 3. The molecule has 1 aliphatic rings. The fourth-order valence-electron chi connectivity index (χ4n) is 3.54. The summed E-state index contributed by atoms with van der Waals surface area (Å²) >= 11 is 0. The summed E-state index contributed by atoms with van der Waals surface area (Å²) in [6.45, 7) is 3.33. The van der Waals surface area contributed by atoms with E-state index in [0.717, 1.165) is 17.6 Å². The average Bonchev–Trinajstić information content (AvgIpc) is 3.19. The third-order valence-corrected chi connectivity index (χ3v) is 4.97. The number of hydrogen-bond donors (Lipinski definition) is 0. The van der Waals surface area contributed by atoms with E-state index in [1.165, 1.54) is 30.5 Å². The van der Waals surface area contributed by atoms with E-state index in [1.807, 2.05) is 24.8 Å². The van der Waals surface area contributed by atoms with E-state index in [-0.39, 0.29) is 6.17 Å². The first kappa shape index (κ1) is 13.7. The number of nitrogens with zero attached hydrogens (tertiary/aromatic N) is 5. The highest BCUT2D eigenvalue weighted by Gasteiger charge is 2.24. The van der Waals surface area contributed by atoms with Gasteiger partial charge in [0.15, 0.2) is 0 Å². The Morgan fingerprint density at radius 3 is 1.83 bits per heavy atom. The van der Waals surface area contributed by atoms with Gasteiger partial charge in [0.05, 0.1) is 34.7 Å². The van der Waals surface area contributed by atoms with E-state index >= 15 is 0 Å². The number of benzene rings is 2. The number of fused-ring (bicyclic) bond motifs is 2. The van der Waals surface area contributed by atoms with Crippen LogP contribution < -0.4 is 0 Å². The Bertz CT molecular complexity index is 921. The molecule has 0 unspecified atom stereocenters. The zero-order valence-electron chi connectivity index (χ0n) is 13.4. The first-order chi connectivity index (χ1) is 11.9. The van der Waals surface area contributed by atoms with Crippen molar-refractivity contribution in [2.45, 2.75) is 12.6 Å². The van der Waals surface area contributed by atoms with Crippen LogP contribution in [0.4, 0.5) is 0 Å². The van der Waals surface area contributed by atoms with Crippen LogP contribution in [0, 0.1) is 0 Å². The Morgan fingerprint density at radius 1 is 0.792 bits per heavy atom. The predicted molar refractivity (Wildman–Crippen MR) is 95.0 cm³/mol. The Balaban J connectivity index is 1.67. The molecule has 2 aromatic heterocycles. The van der Waals surface area contributed by atoms with Crippen molar-refractivity contribution in [1.29, 1.82) is 0 Å². The summed E-state index contributed by atoms with van der Waals surface area (Å²) < 4.78 is 4.56.